The minimum absolute atomic E-state index is 0.646. The Balaban J connectivity index is 6.71. The zero-order valence-corrected chi connectivity index (χ0v) is 30.3. The van der Waals surface area contributed by atoms with E-state index in [0.717, 1.165) is 152 Å². The van der Waals surface area contributed by atoms with Crippen LogP contribution in [0.3, 0.4) is 0 Å². The molecule has 0 aromatic heterocycles. The first-order valence-corrected chi connectivity index (χ1v) is 23.4. The molecule has 0 aliphatic heterocycles. The molecule has 242 valence electrons. The van der Waals surface area contributed by atoms with Gasteiger partial charge in [0.25, 0.3) is 0 Å². The van der Waals surface area contributed by atoms with Gasteiger partial charge in [-0.2, -0.15) is 0 Å². The summed E-state index contributed by atoms with van der Waals surface area (Å²) >= 11 is 0. The van der Waals surface area contributed by atoms with Crippen LogP contribution in [0.5, 0.6) is 0 Å². The Morgan fingerprint density at radius 3 is 0.625 bits per heavy atom. The van der Waals surface area contributed by atoms with Crippen molar-refractivity contribution in [1.29, 1.82) is 0 Å². The van der Waals surface area contributed by atoms with Crippen LogP contribution in [0.4, 0.5) is 0 Å². The summed E-state index contributed by atoms with van der Waals surface area (Å²) in [5, 5.41) is 0. The SMILES string of the molecule is CCCCP(CCCC)(CCCC)(CCCC)OC(=O)C(=O)OP(CCCC)(CCCC)(CCCC)CCCC. The van der Waals surface area contributed by atoms with Crippen LogP contribution in [0.15, 0.2) is 0 Å². The zero-order valence-electron chi connectivity index (χ0n) is 28.5. The Kier molecular flexibility index (Phi) is 20.6. The van der Waals surface area contributed by atoms with Crippen LogP contribution >= 0.6 is 13.7 Å². The van der Waals surface area contributed by atoms with Gasteiger partial charge in [-0.05, 0) is 0 Å². The number of hydrogen-bond acceptors (Lipinski definition) is 4. The molecule has 0 aromatic rings. The third kappa shape index (κ3) is 12.6. The molecule has 0 aliphatic carbocycles. The molecular weight excluding hydrogens is 534 g/mol. The van der Waals surface area contributed by atoms with Gasteiger partial charge in [0.15, 0.2) is 0 Å². The van der Waals surface area contributed by atoms with E-state index >= 15 is 0 Å². The molecule has 0 aliphatic rings. The predicted molar refractivity (Wildman–Crippen MR) is 184 cm³/mol. The quantitative estimate of drug-likeness (QED) is 0.0726. The second-order valence-corrected chi connectivity index (χ2v) is 24.5. The van der Waals surface area contributed by atoms with Gasteiger partial charge in [-0.15, -0.1) is 0 Å². The van der Waals surface area contributed by atoms with Crippen molar-refractivity contribution in [2.24, 2.45) is 0 Å². The monoisotopic (exact) mass is 606 g/mol. The van der Waals surface area contributed by atoms with Crippen molar-refractivity contribution in [3.8, 4) is 0 Å². The molecule has 0 atom stereocenters. The molecule has 6 heteroatoms. The predicted octanol–water partition coefficient (Wildman–Crippen LogP) is 11.4. The van der Waals surface area contributed by atoms with Crippen molar-refractivity contribution in [3.05, 3.63) is 0 Å². The summed E-state index contributed by atoms with van der Waals surface area (Å²) in [4.78, 5) is 28.2. The Labute approximate surface area is 251 Å². The van der Waals surface area contributed by atoms with Crippen LogP contribution in [0.2, 0.25) is 0 Å². The first-order chi connectivity index (χ1) is 19.1. The van der Waals surface area contributed by atoms with Gasteiger partial charge in [-0.3, -0.25) is 0 Å². The summed E-state index contributed by atoms with van der Waals surface area (Å²) in [6.45, 7) is 12.0. The molecule has 4 nitrogen and oxygen atoms in total. The van der Waals surface area contributed by atoms with Gasteiger partial charge in [-0.25, -0.2) is 0 Å². The summed E-state index contributed by atoms with van der Waals surface area (Å²) in [5.74, 6) is -1.29. The van der Waals surface area contributed by atoms with Crippen molar-refractivity contribution >= 4 is 25.6 Å². The fourth-order valence-electron chi connectivity index (χ4n) is 6.71. The molecular formula is C34H72O4P2. The molecule has 0 heterocycles. The maximum atomic E-state index is 14.1. The Morgan fingerprint density at radius 2 is 0.500 bits per heavy atom. The summed E-state index contributed by atoms with van der Waals surface area (Å²) in [6.07, 6.45) is 25.0. The van der Waals surface area contributed by atoms with Crippen molar-refractivity contribution in [2.45, 2.75) is 158 Å². The van der Waals surface area contributed by atoms with Crippen molar-refractivity contribution in [2.75, 3.05) is 49.3 Å². The van der Waals surface area contributed by atoms with E-state index in [0.29, 0.717) is 0 Å². The van der Waals surface area contributed by atoms with Gasteiger partial charge >= 0.3 is 252 Å². The molecule has 40 heavy (non-hydrogen) atoms. The second kappa shape index (κ2) is 20.7. The van der Waals surface area contributed by atoms with Gasteiger partial charge in [0, 0.05) is 0 Å². The molecule has 0 spiro atoms. The molecule has 0 bridgehead atoms. The van der Waals surface area contributed by atoms with Crippen molar-refractivity contribution < 1.29 is 18.6 Å². The molecule has 0 aromatic carbocycles. The van der Waals surface area contributed by atoms with E-state index in [2.05, 4.69) is 55.4 Å². The third-order valence-corrected chi connectivity index (χ3v) is 22.4. The summed E-state index contributed by atoms with van der Waals surface area (Å²) < 4.78 is 13.7. The average molecular weight is 607 g/mol. The molecule has 0 rings (SSSR count). The average Bonchev–Trinajstić information content (AvgIpc) is 2.97. The van der Waals surface area contributed by atoms with Gasteiger partial charge in [0.2, 0.25) is 0 Å². The van der Waals surface area contributed by atoms with E-state index in [1.807, 2.05) is 0 Å². The van der Waals surface area contributed by atoms with Crippen LogP contribution in [-0.2, 0) is 18.6 Å². The van der Waals surface area contributed by atoms with Gasteiger partial charge in [0.1, 0.15) is 0 Å². The molecule has 0 amide bonds. The van der Waals surface area contributed by atoms with Gasteiger partial charge < -0.3 is 0 Å². The van der Waals surface area contributed by atoms with E-state index in [9.17, 15) is 9.59 Å². The van der Waals surface area contributed by atoms with Crippen LogP contribution in [0, 0.1) is 0 Å². The first-order valence-electron chi connectivity index (χ1n) is 17.6. The van der Waals surface area contributed by atoms with E-state index < -0.39 is 25.6 Å². The fraction of sp³-hybridized carbons (Fsp3) is 0.941. The van der Waals surface area contributed by atoms with E-state index in [4.69, 9.17) is 9.05 Å². The second-order valence-electron chi connectivity index (χ2n) is 13.1. The number of carbonyl (C=O) groups is 2. The summed E-state index contributed by atoms with van der Waals surface area (Å²) in [5.41, 5.74) is 0. The van der Waals surface area contributed by atoms with Crippen LogP contribution in [0.1, 0.15) is 158 Å². The Morgan fingerprint density at radius 1 is 0.350 bits per heavy atom. The van der Waals surface area contributed by atoms with Crippen molar-refractivity contribution in [1.82, 2.24) is 0 Å². The van der Waals surface area contributed by atoms with Gasteiger partial charge in [0.05, 0.1) is 0 Å². The molecule has 0 N–H and O–H groups in total. The van der Waals surface area contributed by atoms with E-state index in [-0.39, 0.29) is 0 Å². The Bertz CT molecular complexity index is 548. The summed E-state index contributed by atoms with van der Waals surface area (Å²) in [7, 11) is 0. The van der Waals surface area contributed by atoms with Crippen LogP contribution < -0.4 is 0 Å². The van der Waals surface area contributed by atoms with Crippen LogP contribution in [-0.4, -0.2) is 61.2 Å². The summed E-state index contributed by atoms with van der Waals surface area (Å²) in [6, 6.07) is 0. The van der Waals surface area contributed by atoms with E-state index in [1.165, 1.54) is 0 Å². The molecule has 0 saturated heterocycles. The Hall–Kier alpha value is -0.200. The van der Waals surface area contributed by atoms with Gasteiger partial charge in [-0.1, -0.05) is 0 Å². The number of hydrogen-bond donors (Lipinski definition) is 0. The molecule has 0 unspecified atom stereocenters. The van der Waals surface area contributed by atoms with Crippen LogP contribution in [0.25, 0.3) is 0 Å². The third-order valence-electron chi connectivity index (χ3n) is 9.47. The number of rotatable bonds is 26. The van der Waals surface area contributed by atoms with Crippen molar-refractivity contribution in [3.63, 3.8) is 0 Å². The molecule has 0 fully saturated rings. The number of unbranched alkanes of at least 4 members (excludes halogenated alkanes) is 8. The number of carbonyl (C=O) groups excluding carboxylic acids is 2. The first kappa shape index (κ1) is 39.8. The maximum absolute atomic E-state index is 14.1. The normalized spacial score (nSPS) is 14.2. The standard InChI is InChI=1S/C34H72O4P2/c1-9-17-25-39(26-18-10-2,27-19-11-3,28-20-12-4)37-33(35)34(36)38-40(29-21-13-5,30-22-14-6,31-23-15-7)32-24-16-8/h9-32H2,1-8H3. The van der Waals surface area contributed by atoms with E-state index in [1.54, 1.807) is 0 Å². The minimum atomic E-state index is -2.90. The fourth-order valence-corrected chi connectivity index (χ4v) is 20.1. The topological polar surface area (TPSA) is 52.6 Å². The molecule has 0 saturated carbocycles. The molecule has 0 radical (unpaired) electrons. The zero-order chi connectivity index (χ0) is 30.4.